The number of benzene rings is 2. The number of thiocarbonyl (C=S) groups is 1. The predicted molar refractivity (Wildman–Crippen MR) is 101 cm³/mol. The lowest BCUT2D eigenvalue weighted by Crippen LogP contribution is -2.23. The van der Waals surface area contributed by atoms with Gasteiger partial charge < -0.3 is 15.2 Å². The van der Waals surface area contributed by atoms with Crippen LogP contribution >= 0.6 is 23.8 Å². The van der Waals surface area contributed by atoms with E-state index < -0.39 is 0 Å². The van der Waals surface area contributed by atoms with E-state index in [1.807, 2.05) is 49.4 Å². The summed E-state index contributed by atoms with van der Waals surface area (Å²) in [5.41, 5.74) is 9.56. The molecule has 0 radical (unpaired) electrons. The van der Waals surface area contributed by atoms with Crippen molar-refractivity contribution in [2.45, 2.75) is 13.5 Å². The van der Waals surface area contributed by atoms with Gasteiger partial charge in [-0.2, -0.15) is 5.10 Å². The predicted octanol–water partition coefficient (Wildman–Crippen LogP) is 3.48. The van der Waals surface area contributed by atoms with Gasteiger partial charge in [-0.15, -0.1) is 0 Å². The van der Waals surface area contributed by atoms with E-state index in [1.165, 1.54) is 0 Å². The zero-order chi connectivity index (χ0) is 17.4. The standard InChI is InChI=1S/C17H18ClN3O2S/c1-2-22-16-9-12(10-20-21-17(19)24)7-8-15(16)23-11-13-5-3-4-6-14(13)18/h3-10H,2,11H2,1H3,(H3,19,21,24). The lowest BCUT2D eigenvalue weighted by molar-refractivity contribution is 0.269. The third kappa shape index (κ3) is 5.40. The Morgan fingerprint density at radius 2 is 2.04 bits per heavy atom. The van der Waals surface area contributed by atoms with Gasteiger partial charge in [0.05, 0.1) is 12.8 Å². The van der Waals surface area contributed by atoms with Crippen molar-refractivity contribution in [3.05, 3.63) is 58.6 Å². The number of nitrogens with zero attached hydrogens (tertiary/aromatic N) is 1. The Morgan fingerprint density at radius 3 is 2.75 bits per heavy atom. The molecule has 5 nitrogen and oxygen atoms in total. The van der Waals surface area contributed by atoms with Crippen molar-refractivity contribution in [2.75, 3.05) is 6.61 Å². The summed E-state index contributed by atoms with van der Waals surface area (Å²) in [6.45, 7) is 2.79. The number of hydrogen-bond donors (Lipinski definition) is 2. The summed E-state index contributed by atoms with van der Waals surface area (Å²) in [4.78, 5) is 0. The number of halogens is 1. The summed E-state index contributed by atoms with van der Waals surface area (Å²) in [5.74, 6) is 1.26. The summed E-state index contributed by atoms with van der Waals surface area (Å²) in [5, 5.41) is 4.70. The summed E-state index contributed by atoms with van der Waals surface area (Å²) < 4.78 is 11.5. The maximum Gasteiger partial charge on any atom is 0.184 e. The SMILES string of the molecule is CCOc1cc(C=NNC(N)=S)ccc1OCc1ccccc1Cl. The molecule has 0 bridgehead atoms. The van der Waals surface area contributed by atoms with Gasteiger partial charge >= 0.3 is 0 Å². The van der Waals surface area contributed by atoms with Crippen molar-refractivity contribution in [1.82, 2.24) is 5.43 Å². The van der Waals surface area contributed by atoms with Crippen molar-refractivity contribution >= 4 is 35.1 Å². The quantitative estimate of drug-likeness (QED) is 0.447. The highest BCUT2D eigenvalue weighted by molar-refractivity contribution is 7.80. The molecule has 0 unspecified atom stereocenters. The fourth-order valence-corrected chi connectivity index (χ4v) is 2.18. The number of nitrogens with one attached hydrogen (secondary N) is 1. The van der Waals surface area contributed by atoms with Gasteiger partial charge in [0, 0.05) is 10.6 Å². The normalized spacial score (nSPS) is 10.6. The van der Waals surface area contributed by atoms with Gasteiger partial charge in [-0.1, -0.05) is 29.8 Å². The van der Waals surface area contributed by atoms with Gasteiger partial charge in [-0.05, 0) is 49.0 Å². The molecule has 0 fully saturated rings. The molecule has 0 aliphatic rings. The van der Waals surface area contributed by atoms with E-state index in [1.54, 1.807) is 6.21 Å². The van der Waals surface area contributed by atoms with Crippen LogP contribution in [-0.2, 0) is 6.61 Å². The number of nitrogens with two attached hydrogens (primary N) is 1. The van der Waals surface area contributed by atoms with E-state index in [2.05, 4.69) is 22.7 Å². The first kappa shape index (κ1) is 18.0. The Balaban J connectivity index is 2.12. The monoisotopic (exact) mass is 363 g/mol. The van der Waals surface area contributed by atoms with Gasteiger partial charge in [0.1, 0.15) is 6.61 Å². The van der Waals surface area contributed by atoms with E-state index in [-0.39, 0.29) is 5.11 Å². The van der Waals surface area contributed by atoms with Crippen molar-refractivity contribution < 1.29 is 9.47 Å². The van der Waals surface area contributed by atoms with Crippen LogP contribution in [-0.4, -0.2) is 17.9 Å². The fraction of sp³-hybridized carbons (Fsp3) is 0.176. The van der Waals surface area contributed by atoms with Gasteiger partial charge in [0.2, 0.25) is 0 Å². The molecule has 2 rings (SSSR count). The maximum atomic E-state index is 6.14. The van der Waals surface area contributed by atoms with Crippen molar-refractivity contribution in [1.29, 1.82) is 0 Å². The largest absolute Gasteiger partial charge is 0.490 e. The molecule has 24 heavy (non-hydrogen) atoms. The van der Waals surface area contributed by atoms with E-state index in [9.17, 15) is 0 Å². The molecule has 0 heterocycles. The molecule has 0 atom stereocenters. The van der Waals surface area contributed by atoms with E-state index in [0.717, 1.165) is 11.1 Å². The van der Waals surface area contributed by atoms with Crippen LogP contribution in [0, 0.1) is 0 Å². The van der Waals surface area contributed by atoms with Crippen LogP contribution in [0.2, 0.25) is 5.02 Å². The average Bonchev–Trinajstić information content (AvgIpc) is 2.55. The van der Waals surface area contributed by atoms with Crippen LogP contribution < -0.4 is 20.6 Å². The lowest BCUT2D eigenvalue weighted by atomic mass is 10.2. The topological polar surface area (TPSA) is 68.9 Å². The summed E-state index contributed by atoms with van der Waals surface area (Å²) in [7, 11) is 0. The van der Waals surface area contributed by atoms with Crippen LogP contribution in [0.3, 0.4) is 0 Å². The van der Waals surface area contributed by atoms with Crippen LogP contribution in [0.5, 0.6) is 11.5 Å². The van der Waals surface area contributed by atoms with Gasteiger partial charge in [0.15, 0.2) is 16.6 Å². The molecular weight excluding hydrogens is 346 g/mol. The molecule has 7 heteroatoms. The van der Waals surface area contributed by atoms with Crippen LogP contribution in [0.1, 0.15) is 18.1 Å². The molecule has 126 valence electrons. The van der Waals surface area contributed by atoms with Gasteiger partial charge in [-0.3, -0.25) is 5.43 Å². The molecular formula is C17H18ClN3O2S. The Labute approximate surface area is 151 Å². The first-order chi connectivity index (χ1) is 11.6. The van der Waals surface area contributed by atoms with Crippen LogP contribution in [0.25, 0.3) is 0 Å². The highest BCUT2D eigenvalue weighted by atomic mass is 35.5. The van der Waals surface area contributed by atoms with Crippen molar-refractivity contribution in [2.24, 2.45) is 10.8 Å². The Morgan fingerprint density at radius 1 is 1.25 bits per heavy atom. The molecule has 0 aliphatic heterocycles. The van der Waals surface area contributed by atoms with Crippen molar-refractivity contribution in [3.63, 3.8) is 0 Å². The molecule has 0 amide bonds. The zero-order valence-corrected chi connectivity index (χ0v) is 14.7. The third-order valence-corrected chi connectivity index (χ3v) is 3.46. The molecule has 0 aromatic heterocycles. The molecule has 2 aromatic carbocycles. The first-order valence-corrected chi connectivity index (χ1v) is 8.10. The first-order valence-electron chi connectivity index (χ1n) is 7.31. The summed E-state index contributed by atoms with van der Waals surface area (Å²) in [6, 6.07) is 13.1. The molecule has 3 N–H and O–H groups in total. The second-order valence-corrected chi connectivity index (χ2v) is 5.60. The minimum atomic E-state index is 0.107. The minimum absolute atomic E-state index is 0.107. The number of hydrazone groups is 1. The van der Waals surface area contributed by atoms with Crippen molar-refractivity contribution in [3.8, 4) is 11.5 Å². The number of hydrogen-bond acceptors (Lipinski definition) is 4. The summed E-state index contributed by atoms with van der Waals surface area (Å²) >= 11 is 10.8. The third-order valence-electron chi connectivity index (χ3n) is 3.00. The minimum Gasteiger partial charge on any atom is -0.490 e. The van der Waals surface area contributed by atoms with E-state index in [4.69, 9.17) is 26.8 Å². The molecule has 0 spiro atoms. The molecule has 0 aliphatic carbocycles. The Hall–Kier alpha value is -2.31. The smallest absolute Gasteiger partial charge is 0.184 e. The van der Waals surface area contributed by atoms with Gasteiger partial charge in [0.25, 0.3) is 0 Å². The van der Waals surface area contributed by atoms with E-state index >= 15 is 0 Å². The second kappa shape index (κ2) is 9.10. The summed E-state index contributed by atoms with van der Waals surface area (Å²) in [6.07, 6.45) is 1.60. The Bertz CT molecular complexity index is 738. The number of rotatable bonds is 7. The average molecular weight is 364 g/mol. The zero-order valence-electron chi connectivity index (χ0n) is 13.2. The second-order valence-electron chi connectivity index (χ2n) is 4.75. The van der Waals surface area contributed by atoms with Gasteiger partial charge in [-0.25, -0.2) is 0 Å². The van der Waals surface area contributed by atoms with Crippen LogP contribution in [0.4, 0.5) is 0 Å². The molecule has 2 aromatic rings. The maximum absolute atomic E-state index is 6.14. The Kier molecular flexibility index (Phi) is 6.84. The van der Waals surface area contributed by atoms with E-state index in [0.29, 0.717) is 29.7 Å². The van der Waals surface area contributed by atoms with Crippen LogP contribution in [0.15, 0.2) is 47.6 Å². The fourth-order valence-electron chi connectivity index (χ4n) is 1.93. The number of ether oxygens (including phenoxy) is 2. The highest BCUT2D eigenvalue weighted by Gasteiger charge is 2.07. The highest BCUT2D eigenvalue weighted by Crippen LogP contribution is 2.29. The lowest BCUT2D eigenvalue weighted by Gasteiger charge is -2.13. The molecule has 0 saturated carbocycles. The molecule has 0 saturated heterocycles.